The van der Waals surface area contributed by atoms with Gasteiger partial charge >= 0.3 is 5.97 Å². The lowest BCUT2D eigenvalue weighted by atomic mass is 10.2. The van der Waals surface area contributed by atoms with E-state index in [0.717, 1.165) is 21.8 Å². The molecule has 88 valence electrons. The van der Waals surface area contributed by atoms with E-state index < -0.39 is 5.97 Å². The summed E-state index contributed by atoms with van der Waals surface area (Å²) in [6.07, 6.45) is 7.89. The van der Waals surface area contributed by atoms with Crippen LogP contribution in [0, 0.1) is 12.3 Å². The summed E-state index contributed by atoms with van der Waals surface area (Å²) in [5.74, 6) is 1.60. The van der Waals surface area contributed by atoms with Crippen LogP contribution in [0.3, 0.4) is 0 Å². The number of carboxylic acids is 1. The highest BCUT2D eigenvalue weighted by atomic mass is 79.9. The zero-order valence-corrected chi connectivity index (χ0v) is 10.9. The van der Waals surface area contributed by atoms with Crippen molar-refractivity contribution in [1.82, 2.24) is 0 Å². The molecular formula is C13H12BrNO2. The van der Waals surface area contributed by atoms with Crippen LogP contribution in [0.2, 0.25) is 0 Å². The zero-order chi connectivity index (χ0) is 12.8. The van der Waals surface area contributed by atoms with Crippen LogP contribution in [0.1, 0.15) is 5.56 Å². The number of carbonyl (C=O) groups is 1. The molecule has 0 aliphatic heterocycles. The van der Waals surface area contributed by atoms with Gasteiger partial charge in [-0.25, -0.2) is 4.79 Å². The lowest BCUT2D eigenvalue weighted by molar-refractivity contribution is -0.131. The van der Waals surface area contributed by atoms with Gasteiger partial charge in [0.25, 0.3) is 0 Å². The van der Waals surface area contributed by atoms with Crippen LogP contribution in [0.4, 0.5) is 5.69 Å². The van der Waals surface area contributed by atoms with E-state index in [1.165, 1.54) is 6.08 Å². The maximum Gasteiger partial charge on any atom is 0.328 e. The third kappa shape index (κ3) is 3.97. The van der Waals surface area contributed by atoms with E-state index in [1.54, 1.807) is 0 Å². The van der Waals surface area contributed by atoms with Crippen LogP contribution in [-0.2, 0) is 4.79 Å². The molecule has 17 heavy (non-hydrogen) atoms. The van der Waals surface area contributed by atoms with Crippen molar-refractivity contribution in [2.45, 2.75) is 0 Å². The lowest BCUT2D eigenvalue weighted by Crippen LogP contribution is -2.17. The van der Waals surface area contributed by atoms with Crippen LogP contribution in [0.5, 0.6) is 0 Å². The second-order valence-electron chi connectivity index (χ2n) is 3.44. The smallest absolute Gasteiger partial charge is 0.328 e. The van der Waals surface area contributed by atoms with Gasteiger partial charge in [-0.15, -0.1) is 6.42 Å². The average molecular weight is 294 g/mol. The van der Waals surface area contributed by atoms with E-state index in [1.807, 2.05) is 30.1 Å². The molecule has 4 heteroatoms. The quantitative estimate of drug-likeness (QED) is 0.685. The summed E-state index contributed by atoms with van der Waals surface area (Å²) in [5, 5.41) is 8.53. The first-order valence-corrected chi connectivity index (χ1v) is 5.69. The standard InChI is InChI=1S/C13H12BrNO2/c1-3-8-15(2)12-6-4-10(9-11(12)14)5-7-13(16)17/h1,4-7,9H,8H2,2H3,(H,16,17)/b7-5+. The summed E-state index contributed by atoms with van der Waals surface area (Å²) in [7, 11) is 1.90. The fourth-order valence-electron chi connectivity index (χ4n) is 1.33. The lowest BCUT2D eigenvalue weighted by Gasteiger charge is -2.18. The van der Waals surface area contributed by atoms with Crippen molar-refractivity contribution in [3.63, 3.8) is 0 Å². The SMILES string of the molecule is C#CCN(C)c1ccc(/C=C/C(=O)O)cc1Br. The number of benzene rings is 1. The van der Waals surface area contributed by atoms with E-state index in [2.05, 4.69) is 21.9 Å². The monoisotopic (exact) mass is 293 g/mol. The summed E-state index contributed by atoms with van der Waals surface area (Å²) in [4.78, 5) is 12.3. The Morgan fingerprint density at radius 1 is 1.65 bits per heavy atom. The van der Waals surface area contributed by atoms with E-state index in [4.69, 9.17) is 11.5 Å². The van der Waals surface area contributed by atoms with Gasteiger partial charge in [0, 0.05) is 17.6 Å². The second kappa shape index (κ2) is 6.12. The number of nitrogens with zero attached hydrogens (tertiary/aromatic N) is 1. The Balaban J connectivity index is 2.94. The van der Waals surface area contributed by atoms with Crippen molar-refractivity contribution in [2.75, 3.05) is 18.5 Å². The number of hydrogen-bond donors (Lipinski definition) is 1. The van der Waals surface area contributed by atoms with Crippen molar-refractivity contribution in [3.8, 4) is 12.3 Å². The van der Waals surface area contributed by atoms with Gasteiger partial charge in [0.2, 0.25) is 0 Å². The minimum Gasteiger partial charge on any atom is -0.478 e. The second-order valence-corrected chi connectivity index (χ2v) is 4.30. The van der Waals surface area contributed by atoms with E-state index in [-0.39, 0.29) is 0 Å². The van der Waals surface area contributed by atoms with Crippen LogP contribution in [0.25, 0.3) is 6.08 Å². The Morgan fingerprint density at radius 2 is 2.35 bits per heavy atom. The molecule has 0 spiro atoms. The number of carboxylic acid groups (broad SMARTS) is 1. The third-order valence-corrected chi connectivity index (χ3v) is 2.76. The van der Waals surface area contributed by atoms with Gasteiger partial charge in [-0.05, 0) is 39.7 Å². The summed E-state index contributed by atoms with van der Waals surface area (Å²) in [5.41, 5.74) is 1.78. The molecule has 0 fully saturated rings. The minimum atomic E-state index is -0.963. The molecule has 0 bridgehead atoms. The van der Waals surface area contributed by atoms with Crippen molar-refractivity contribution >= 4 is 33.7 Å². The van der Waals surface area contributed by atoms with Crippen LogP contribution >= 0.6 is 15.9 Å². The predicted molar refractivity (Wildman–Crippen MR) is 72.9 cm³/mol. The normalized spacial score (nSPS) is 10.2. The highest BCUT2D eigenvalue weighted by molar-refractivity contribution is 9.10. The maximum absolute atomic E-state index is 10.4. The number of terminal acetylenes is 1. The molecule has 0 radical (unpaired) electrons. The largest absolute Gasteiger partial charge is 0.478 e. The van der Waals surface area contributed by atoms with Crippen molar-refractivity contribution < 1.29 is 9.90 Å². The number of aliphatic carboxylic acids is 1. The van der Waals surface area contributed by atoms with Gasteiger partial charge < -0.3 is 10.0 Å². The van der Waals surface area contributed by atoms with Gasteiger partial charge in [-0.3, -0.25) is 0 Å². The molecule has 3 nitrogen and oxygen atoms in total. The average Bonchev–Trinajstić information content (AvgIpc) is 2.26. The molecule has 0 heterocycles. The molecule has 0 aromatic heterocycles. The first-order valence-electron chi connectivity index (χ1n) is 4.89. The Labute approximate surface area is 109 Å². The molecule has 1 aromatic rings. The Morgan fingerprint density at radius 3 is 2.88 bits per heavy atom. The van der Waals surface area contributed by atoms with Gasteiger partial charge in [-0.1, -0.05) is 12.0 Å². The molecule has 0 saturated carbocycles. The molecule has 1 N–H and O–H groups in total. The Kier molecular flexibility index (Phi) is 4.80. The summed E-state index contributed by atoms with van der Waals surface area (Å²) < 4.78 is 0.878. The highest BCUT2D eigenvalue weighted by Crippen LogP contribution is 2.26. The first-order chi connectivity index (χ1) is 8.04. The Hall–Kier alpha value is -1.73. The molecular weight excluding hydrogens is 282 g/mol. The maximum atomic E-state index is 10.4. The highest BCUT2D eigenvalue weighted by Gasteiger charge is 2.04. The predicted octanol–water partition coefficient (Wildman–Crippen LogP) is 2.62. The van der Waals surface area contributed by atoms with Crippen LogP contribution < -0.4 is 4.90 Å². The fourth-order valence-corrected chi connectivity index (χ4v) is 2.03. The van der Waals surface area contributed by atoms with Crippen molar-refractivity contribution in [1.29, 1.82) is 0 Å². The van der Waals surface area contributed by atoms with Gasteiger partial charge in [0.15, 0.2) is 0 Å². The Bertz CT molecular complexity index is 489. The van der Waals surface area contributed by atoms with Crippen LogP contribution in [0.15, 0.2) is 28.7 Å². The fraction of sp³-hybridized carbons (Fsp3) is 0.154. The number of rotatable bonds is 4. The topological polar surface area (TPSA) is 40.5 Å². The minimum absolute atomic E-state index is 0.517. The third-order valence-electron chi connectivity index (χ3n) is 2.13. The number of hydrogen-bond acceptors (Lipinski definition) is 2. The molecule has 0 saturated heterocycles. The van der Waals surface area contributed by atoms with E-state index in [0.29, 0.717) is 6.54 Å². The van der Waals surface area contributed by atoms with Gasteiger partial charge in [0.1, 0.15) is 0 Å². The summed E-state index contributed by atoms with van der Waals surface area (Å²) in [6, 6.07) is 5.58. The zero-order valence-electron chi connectivity index (χ0n) is 9.35. The van der Waals surface area contributed by atoms with E-state index >= 15 is 0 Å². The molecule has 0 aliphatic rings. The molecule has 1 rings (SSSR count). The van der Waals surface area contributed by atoms with Crippen molar-refractivity contribution in [2.24, 2.45) is 0 Å². The van der Waals surface area contributed by atoms with E-state index in [9.17, 15) is 4.79 Å². The van der Waals surface area contributed by atoms with Gasteiger partial charge in [-0.2, -0.15) is 0 Å². The van der Waals surface area contributed by atoms with Crippen molar-refractivity contribution in [3.05, 3.63) is 34.3 Å². The van der Waals surface area contributed by atoms with Crippen LogP contribution in [-0.4, -0.2) is 24.7 Å². The first kappa shape index (κ1) is 13.3. The summed E-state index contributed by atoms with van der Waals surface area (Å²) in [6.45, 7) is 0.517. The summed E-state index contributed by atoms with van der Waals surface area (Å²) >= 11 is 3.43. The molecule has 0 unspecified atom stereocenters. The molecule has 0 atom stereocenters. The molecule has 0 amide bonds. The molecule has 1 aromatic carbocycles. The van der Waals surface area contributed by atoms with Gasteiger partial charge in [0.05, 0.1) is 12.2 Å². The number of halogens is 1. The number of anilines is 1. The molecule has 0 aliphatic carbocycles.